The van der Waals surface area contributed by atoms with Crippen molar-refractivity contribution in [3.05, 3.63) is 94.8 Å². The molecule has 0 bridgehead atoms. The normalized spacial score (nSPS) is 10.8. The van der Waals surface area contributed by atoms with E-state index < -0.39 is 0 Å². The molecule has 0 aliphatic heterocycles. The maximum Gasteiger partial charge on any atom is 0.252 e. The quantitative estimate of drug-likeness (QED) is 0.524. The lowest BCUT2D eigenvalue weighted by molar-refractivity contribution is 0.0952. The third-order valence-electron chi connectivity index (χ3n) is 4.53. The Balaban J connectivity index is 1.77. The molecule has 0 aliphatic rings. The smallest absolute Gasteiger partial charge is 0.252 e. The van der Waals surface area contributed by atoms with E-state index in [-0.39, 0.29) is 5.91 Å². The van der Waals surface area contributed by atoms with Crippen LogP contribution < -0.4 is 5.32 Å². The van der Waals surface area contributed by atoms with Gasteiger partial charge in [0.2, 0.25) is 0 Å². The maximum absolute atomic E-state index is 13.0. The Morgan fingerprint density at radius 1 is 1.07 bits per heavy atom. The zero-order valence-electron chi connectivity index (χ0n) is 15.3. The molecular weight excluding hydrogens is 370 g/mol. The summed E-state index contributed by atoms with van der Waals surface area (Å²) >= 11 is 6.36. The number of rotatable bonds is 4. The summed E-state index contributed by atoms with van der Waals surface area (Å²) in [4.78, 5) is 21.8. The Morgan fingerprint density at radius 2 is 1.93 bits per heavy atom. The monoisotopic (exact) mass is 387 g/mol. The lowest BCUT2D eigenvalue weighted by Crippen LogP contribution is -2.23. The highest BCUT2D eigenvalue weighted by molar-refractivity contribution is 6.33. The number of aryl methyl sites for hydroxylation is 1. The summed E-state index contributed by atoms with van der Waals surface area (Å²) in [7, 11) is 0. The molecule has 0 aliphatic carbocycles. The fourth-order valence-corrected chi connectivity index (χ4v) is 3.35. The predicted octanol–water partition coefficient (Wildman–Crippen LogP) is 5.19. The molecule has 4 aromatic rings. The summed E-state index contributed by atoms with van der Waals surface area (Å²) in [6, 6.07) is 19.0. The first-order valence-electron chi connectivity index (χ1n) is 8.95. The van der Waals surface area contributed by atoms with Crippen molar-refractivity contribution in [2.24, 2.45) is 0 Å². The molecule has 2 aromatic heterocycles. The van der Waals surface area contributed by atoms with E-state index in [0.29, 0.717) is 22.8 Å². The van der Waals surface area contributed by atoms with Gasteiger partial charge in [0.25, 0.3) is 5.91 Å². The number of hydrogen-bond donors (Lipinski definition) is 1. The molecule has 1 N–H and O–H groups in total. The molecular formula is C23H18ClN3O. The van der Waals surface area contributed by atoms with Crippen molar-refractivity contribution in [1.82, 2.24) is 15.3 Å². The molecule has 0 saturated heterocycles. The Hall–Kier alpha value is -3.24. The Bertz CT molecular complexity index is 1160. The Morgan fingerprint density at radius 3 is 2.71 bits per heavy atom. The molecule has 1 amide bonds. The molecule has 0 radical (unpaired) electrons. The van der Waals surface area contributed by atoms with E-state index in [2.05, 4.69) is 10.3 Å². The molecule has 0 spiro atoms. The second-order valence-corrected chi connectivity index (χ2v) is 7.01. The predicted molar refractivity (Wildman–Crippen MR) is 112 cm³/mol. The number of benzene rings is 2. The first-order valence-corrected chi connectivity index (χ1v) is 9.33. The number of pyridine rings is 2. The molecule has 2 aromatic carbocycles. The summed E-state index contributed by atoms with van der Waals surface area (Å²) in [5.41, 5.74) is 4.82. The molecule has 28 heavy (non-hydrogen) atoms. The number of fused-ring (bicyclic) bond motifs is 1. The van der Waals surface area contributed by atoms with Crippen molar-refractivity contribution >= 4 is 28.4 Å². The van der Waals surface area contributed by atoms with Crippen molar-refractivity contribution in [3.8, 4) is 11.3 Å². The van der Waals surface area contributed by atoms with Crippen molar-refractivity contribution < 1.29 is 4.79 Å². The summed E-state index contributed by atoms with van der Waals surface area (Å²) in [6.07, 6.45) is 3.45. The van der Waals surface area contributed by atoms with E-state index in [9.17, 15) is 4.79 Å². The standard InChI is InChI=1S/C23H18ClN3O/c1-15-8-9-21-18(11-15)19(23(28)26-14-16-5-4-10-25-13-16)12-22(27-21)17-6-2-3-7-20(17)24/h2-13H,14H2,1H3,(H,26,28). The average molecular weight is 388 g/mol. The molecule has 4 nitrogen and oxygen atoms in total. The maximum atomic E-state index is 13.0. The van der Waals surface area contributed by atoms with Gasteiger partial charge in [0.05, 0.1) is 16.8 Å². The van der Waals surface area contributed by atoms with Gasteiger partial charge >= 0.3 is 0 Å². The third kappa shape index (κ3) is 3.73. The fourth-order valence-electron chi connectivity index (χ4n) is 3.11. The van der Waals surface area contributed by atoms with Gasteiger partial charge in [-0.15, -0.1) is 0 Å². The number of aromatic nitrogens is 2. The lowest BCUT2D eigenvalue weighted by atomic mass is 10.0. The molecule has 4 rings (SSSR count). The number of carbonyl (C=O) groups excluding carboxylic acids is 1. The molecule has 0 atom stereocenters. The van der Waals surface area contributed by atoms with Gasteiger partial charge in [-0.25, -0.2) is 4.98 Å². The largest absolute Gasteiger partial charge is 0.348 e. The van der Waals surface area contributed by atoms with Crippen molar-refractivity contribution in [2.75, 3.05) is 0 Å². The van der Waals surface area contributed by atoms with Crippen LogP contribution in [0.5, 0.6) is 0 Å². The van der Waals surface area contributed by atoms with Crippen LogP contribution >= 0.6 is 11.6 Å². The Labute approximate surface area is 168 Å². The van der Waals surface area contributed by atoms with E-state index in [1.54, 1.807) is 12.4 Å². The highest BCUT2D eigenvalue weighted by Crippen LogP contribution is 2.30. The lowest BCUT2D eigenvalue weighted by Gasteiger charge is -2.12. The van der Waals surface area contributed by atoms with Gasteiger partial charge in [-0.1, -0.05) is 47.5 Å². The first-order chi connectivity index (χ1) is 13.6. The summed E-state index contributed by atoms with van der Waals surface area (Å²) in [5.74, 6) is -0.157. The zero-order chi connectivity index (χ0) is 19.5. The van der Waals surface area contributed by atoms with Crippen LogP contribution in [0.25, 0.3) is 22.2 Å². The molecule has 0 unspecified atom stereocenters. The minimum absolute atomic E-state index is 0.157. The van der Waals surface area contributed by atoms with Gasteiger partial charge in [-0.05, 0) is 42.8 Å². The highest BCUT2D eigenvalue weighted by atomic mass is 35.5. The number of amides is 1. The van der Waals surface area contributed by atoms with E-state index in [1.165, 1.54) is 0 Å². The summed E-state index contributed by atoms with van der Waals surface area (Å²) in [5, 5.41) is 4.40. The number of hydrogen-bond acceptors (Lipinski definition) is 3. The van der Waals surface area contributed by atoms with E-state index in [0.717, 1.165) is 27.6 Å². The van der Waals surface area contributed by atoms with Gasteiger partial charge in [0.15, 0.2) is 0 Å². The van der Waals surface area contributed by atoms with E-state index in [4.69, 9.17) is 16.6 Å². The average Bonchev–Trinajstić information content (AvgIpc) is 2.72. The highest BCUT2D eigenvalue weighted by Gasteiger charge is 2.15. The number of nitrogens with one attached hydrogen (secondary N) is 1. The Kier molecular flexibility index (Phi) is 5.04. The third-order valence-corrected chi connectivity index (χ3v) is 4.86. The first kappa shape index (κ1) is 18.1. The van der Waals surface area contributed by atoms with Crippen LogP contribution in [0.15, 0.2) is 73.1 Å². The SMILES string of the molecule is Cc1ccc2nc(-c3ccccc3Cl)cc(C(=O)NCc3cccnc3)c2c1. The van der Waals surface area contributed by atoms with Gasteiger partial charge in [0.1, 0.15) is 0 Å². The van der Waals surface area contributed by atoms with Crippen LogP contribution in [0.3, 0.4) is 0 Å². The van der Waals surface area contributed by atoms with Crippen LogP contribution in [0, 0.1) is 6.92 Å². The van der Waals surface area contributed by atoms with Gasteiger partial charge in [-0.3, -0.25) is 9.78 Å². The van der Waals surface area contributed by atoms with Crippen molar-refractivity contribution in [1.29, 1.82) is 0 Å². The molecule has 0 fully saturated rings. The molecule has 5 heteroatoms. The van der Waals surface area contributed by atoms with Gasteiger partial charge in [-0.2, -0.15) is 0 Å². The molecule has 0 saturated carbocycles. The number of nitrogens with zero attached hydrogens (tertiary/aromatic N) is 2. The minimum atomic E-state index is -0.157. The van der Waals surface area contributed by atoms with Crippen LogP contribution in [0.4, 0.5) is 0 Å². The minimum Gasteiger partial charge on any atom is -0.348 e. The van der Waals surface area contributed by atoms with Crippen LogP contribution in [-0.2, 0) is 6.54 Å². The van der Waals surface area contributed by atoms with Crippen molar-refractivity contribution in [3.63, 3.8) is 0 Å². The van der Waals surface area contributed by atoms with Crippen molar-refractivity contribution in [2.45, 2.75) is 13.5 Å². The van der Waals surface area contributed by atoms with Crippen LogP contribution in [-0.4, -0.2) is 15.9 Å². The summed E-state index contributed by atoms with van der Waals surface area (Å²) in [6.45, 7) is 2.41. The second-order valence-electron chi connectivity index (χ2n) is 6.60. The summed E-state index contributed by atoms with van der Waals surface area (Å²) < 4.78 is 0. The second kappa shape index (κ2) is 7.79. The van der Waals surface area contributed by atoms with Gasteiger partial charge in [0, 0.05) is 34.9 Å². The van der Waals surface area contributed by atoms with Gasteiger partial charge < -0.3 is 5.32 Å². The topological polar surface area (TPSA) is 54.9 Å². The fraction of sp³-hybridized carbons (Fsp3) is 0.0870. The number of halogens is 1. The van der Waals surface area contributed by atoms with E-state index in [1.807, 2.05) is 67.6 Å². The zero-order valence-corrected chi connectivity index (χ0v) is 16.1. The van der Waals surface area contributed by atoms with Crippen LogP contribution in [0.1, 0.15) is 21.5 Å². The molecule has 2 heterocycles. The van der Waals surface area contributed by atoms with Crippen LogP contribution in [0.2, 0.25) is 5.02 Å². The van der Waals surface area contributed by atoms with E-state index >= 15 is 0 Å². The molecule has 138 valence electrons. The number of carbonyl (C=O) groups is 1.